The van der Waals surface area contributed by atoms with Crippen LogP contribution in [0.2, 0.25) is 0 Å². The molecule has 22 heavy (non-hydrogen) atoms. The monoisotopic (exact) mass is 294 g/mol. The summed E-state index contributed by atoms with van der Waals surface area (Å²) in [6.45, 7) is 4.96. The molecule has 2 aromatic rings. The molecule has 1 fully saturated rings. The Morgan fingerprint density at radius 2 is 1.95 bits per heavy atom. The molecule has 2 aromatic carbocycles. The van der Waals surface area contributed by atoms with Gasteiger partial charge in [-0.3, -0.25) is 0 Å². The summed E-state index contributed by atoms with van der Waals surface area (Å²) in [5, 5.41) is 3.03. The van der Waals surface area contributed by atoms with E-state index in [1.165, 1.54) is 11.1 Å². The first kappa shape index (κ1) is 14.6. The van der Waals surface area contributed by atoms with E-state index in [4.69, 9.17) is 0 Å². The summed E-state index contributed by atoms with van der Waals surface area (Å²) in [5.41, 5.74) is 4.53. The normalized spacial score (nSPS) is 17.5. The molecule has 2 amide bonds. The highest BCUT2D eigenvalue weighted by molar-refractivity contribution is 5.90. The summed E-state index contributed by atoms with van der Waals surface area (Å²) in [6, 6.07) is 16.5. The van der Waals surface area contributed by atoms with E-state index in [0.29, 0.717) is 0 Å². The van der Waals surface area contributed by atoms with Gasteiger partial charge in [0.05, 0.1) is 6.04 Å². The van der Waals surface area contributed by atoms with Gasteiger partial charge in [-0.2, -0.15) is 0 Å². The second-order valence-corrected chi connectivity index (χ2v) is 6.01. The zero-order valence-corrected chi connectivity index (χ0v) is 13.2. The van der Waals surface area contributed by atoms with E-state index in [9.17, 15) is 4.79 Å². The summed E-state index contributed by atoms with van der Waals surface area (Å²) in [4.78, 5) is 14.6. The number of rotatable bonds is 2. The van der Waals surface area contributed by atoms with Crippen LogP contribution in [-0.2, 0) is 0 Å². The lowest BCUT2D eigenvalue weighted by Crippen LogP contribution is -2.34. The number of hydrogen-bond donors (Lipinski definition) is 1. The van der Waals surface area contributed by atoms with Gasteiger partial charge in [0, 0.05) is 12.2 Å². The third-order valence-electron chi connectivity index (χ3n) is 4.33. The number of hydrogen-bond acceptors (Lipinski definition) is 1. The molecule has 3 rings (SSSR count). The van der Waals surface area contributed by atoms with E-state index in [0.717, 1.165) is 30.6 Å². The molecule has 1 aliphatic heterocycles. The zero-order valence-electron chi connectivity index (χ0n) is 13.2. The molecule has 3 nitrogen and oxygen atoms in total. The van der Waals surface area contributed by atoms with Gasteiger partial charge in [-0.1, -0.05) is 36.4 Å². The largest absolute Gasteiger partial charge is 0.322 e. The standard InChI is InChI=1S/C19H22N2O/c1-14-7-5-9-16(13-14)20-19(22)21-12-6-11-18(21)17-10-4-3-8-15(17)2/h3-5,7-10,13,18H,6,11-12H2,1-2H3,(H,20,22). The highest BCUT2D eigenvalue weighted by atomic mass is 16.2. The number of benzene rings is 2. The number of carbonyl (C=O) groups is 1. The zero-order chi connectivity index (χ0) is 15.5. The predicted octanol–water partition coefficient (Wildman–Crippen LogP) is 4.67. The number of nitrogens with one attached hydrogen (secondary N) is 1. The fourth-order valence-corrected chi connectivity index (χ4v) is 3.21. The number of carbonyl (C=O) groups excluding carboxylic acids is 1. The minimum atomic E-state index is -0.00338. The van der Waals surface area contributed by atoms with Crippen LogP contribution < -0.4 is 5.32 Å². The van der Waals surface area contributed by atoms with Crippen molar-refractivity contribution < 1.29 is 4.79 Å². The number of aryl methyl sites for hydroxylation is 2. The number of amides is 2. The van der Waals surface area contributed by atoms with E-state index in [2.05, 4.69) is 30.4 Å². The molecule has 1 heterocycles. The van der Waals surface area contributed by atoms with Gasteiger partial charge in [0.2, 0.25) is 0 Å². The average molecular weight is 294 g/mol. The summed E-state index contributed by atoms with van der Waals surface area (Å²) in [6.07, 6.45) is 2.09. The van der Waals surface area contributed by atoms with E-state index < -0.39 is 0 Å². The molecule has 0 bridgehead atoms. The Morgan fingerprint density at radius 1 is 1.14 bits per heavy atom. The van der Waals surface area contributed by atoms with Crippen LogP contribution in [0.4, 0.5) is 10.5 Å². The summed E-state index contributed by atoms with van der Waals surface area (Å²) in [5.74, 6) is 0. The summed E-state index contributed by atoms with van der Waals surface area (Å²) in [7, 11) is 0. The van der Waals surface area contributed by atoms with Crippen molar-refractivity contribution in [2.45, 2.75) is 32.7 Å². The first-order chi connectivity index (χ1) is 10.6. The van der Waals surface area contributed by atoms with Crippen LogP contribution in [0.5, 0.6) is 0 Å². The lowest BCUT2D eigenvalue weighted by atomic mass is 9.99. The Balaban J connectivity index is 1.78. The van der Waals surface area contributed by atoms with Crippen LogP contribution in [-0.4, -0.2) is 17.5 Å². The molecule has 0 aromatic heterocycles. The first-order valence-electron chi connectivity index (χ1n) is 7.85. The maximum atomic E-state index is 12.6. The van der Waals surface area contributed by atoms with Gasteiger partial charge < -0.3 is 10.2 Å². The molecule has 0 radical (unpaired) electrons. The number of likely N-dealkylation sites (tertiary alicyclic amines) is 1. The number of anilines is 1. The Kier molecular flexibility index (Phi) is 4.14. The Morgan fingerprint density at radius 3 is 2.73 bits per heavy atom. The second-order valence-electron chi connectivity index (χ2n) is 6.01. The van der Waals surface area contributed by atoms with E-state index in [1.54, 1.807) is 0 Å². The first-order valence-corrected chi connectivity index (χ1v) is 7.85. The molecule has 0 saturated carbocycles. The van der Waals surface area contributed by atoms with Crippen molar-refractivity contribution in [3.63, 3.8) is 0 Å². The van der Waals surface area contributed by atoms with Crippen molar-refractivity contribution in [1.29, 1.82) is 0 Å². The number of nitrogens with zero attached hydrogens (tertiary/aromatic N) is 1. The third kappa shape index (κ3) is 2.98. The highest BCUT2D eigenvalue weighted by Crippen LogP contribution is 2.34. The van der Waals surface area contributed by atoms with Crippen molar-refractivity contribution >= 4 is 11.7 Å². The van der Waals surface area contributed by atoms with Gasteiger partial charge in [-0.05, 0) is 55.5 Å². The minimum absolute atomic E-state index is 0.00338. The van der Waals surface area contributed by atoms with Crippen LogP contribution in [0, 0.1) is 13.8 Å². The van der Waals surface area contributed by atoms with E-state index >= 15 is 0 Å². The Hall–Kier alpha value is -2.29. The fraction of sp³-hybridized carbons (Fsp3) is 0.316. The molecule has 0 spiro atoms. The van der Waals surface area contributed by atoms with Crippen molar-refractivity contribution in [2.24, 2.45) is 0 Å². The molecule has 1 unspecified atom stereocenters. The SMILES string of the molecule is Cc1cccc(NC(=O)N2CCCC2c2ccccc2C)c1. The predicted molar refractivity (Wildman–Crippen MR) is 90.1 cm³/mol. The summed E-state index contributed by atoms with van der Waals surface area (Å²) >= 11 is 0. The third-order valence-corrected chi connectivity index (χ3v) is 4.33. The molecule has 1 atom stereocenters. The van der Waals surface area contributed by atoms with Crippen LogP contribution in [0.3, 0.4) is 0 Å². The molecule has 0 aliphatic carbocycles. The fourth-order valence-electron chi connectivity index (χ4n) is 3.21. The minimum Gasteiger partial charge on any atom is -0.317 e. The Labute approximate surface area is 132 Å². The summed E-state index contributed by atoms with van der Waals surface area (Å²) < 4.78 is 0. The molecule has 1 saturated heterocycles. The molecular weight excluding hydrogens is 272 g/mol. The van der Waals surface area contributed by atoms with Crippen LogP contribution in [0.25, 0.3) is 0 Å². The molecule has 1 aliphatic rings. The molecule has 114 valence electrons. The van der Waals surface area contributed by atoms with Crippen LogP contribution in [0.1, 0.15) is 35.6 Å². The van der Waals surface area contributed by atoms with Crippen LogP contribution >= 0.6 is 0 Å². The van der Waals surface area contributed by atoms with Gasteiger partial charge in [-0.25, -0.2) is 4.79 Å². The smallest absolute Gasteiger partial charge is 0.317 e. The quantitative estimate of drug-likeness (QED) is 0.857. The van der Waals surface area contributed by atoms with Gasteiger partial charge in [0.1, 0.15) is 0 Å². The van der Waals surface area contributed by atoms with Crippen molar-refractivity contribution in [2.75, 3.05) is 11.9 Å². The second kappa shape index (κ2) is 6.22. The lowest BCUT2D eigenvalue weighted by molar-refractivity contribution is 0.207. The van der Waals surface area contributed by atoms with Gasteiger partial charge in [0.15, 0.2) is 0 Å². The topological polar surface area (TPSA) is 32.3 Å². The average Bonchev–Trinajstić information content (AvgIpc) is 2.97. The molecule has 3 heteroatoms. The Bertz CT molecular complexity index is 681. The van der Waals surface area contributed by atoms with Gasteiger partial charge >= 0.3 is 6.03 Å². The molecular formula is C19H22N2O. The van der Waals surface area contributed by atoms with Crippen LogP contribution in [0.15, 0.2) is 48.5 Å². The van der Waals surface area contributed by atoms with Crippen molar-refractivity contribution in [3.05, 3.63) is 65.2 Å². The maximum absolute atomic E-state index is 12.6. The number of urea groups is 1. The van der Waals surface area contributed by atoms with E-state index in [1.807, 2.05) is 42.2 Å². The van der Waals surface area contributed by atoms with Gasteiger partial charge in [-0.15, -0.1) is 0 Å². The maximum Gasteiger partial charge on any atom is 0.322 e. The van der Waals surface area contributed by atoms with E-state index in [-0.39, 0.29) is 12.1 Å². The highest BCUT2D eigenvalue weighted by Gasteiger charge is 2.30. The van der Waals surface area contributed by atoms with Crippen molar-refractivity contribution in [3.8, 4) is 0 Å². The molecule has 1 N–H and O–H groups in total. The van der Waals surface area contributed by atoms with Gasteiger partial charge in [0.25, 0.3) is 0 Å². The van der Waals surface area contributed by atoms with Crippen molar-refractivity contribution in [1.82, 2.24) is 4.90 Å². The lowest BCUT2D eigenvalue weighted by Gasteiger charge is -2.26.